The minimum atomic E-state index is 0.440. The summed E-state index contributed by atoms with van der Waals surface area (Å²) in [7, 11) is 5.24. The van der Waals surface area contributed by atoms with E-state index in [1.54, 1.807) is 14.2 Å². The summed E-state index contributed by atoms with van der Waals surface area (Å²) in [4.78, 5) is 9.37. The molecule has 1 saturated carbocycles. The monoisotopic (exact) mass is 403 g/mol. The Bertz CT molecular complexity index is 647. The Hall–Kier alpha value is -2.15. The first-order chi connectivity index (χ1) is 14.2. The van der Waals surface area contributed by atoms with Gasteiger partial charge in [-0.1, -0.05) is 6.92 Å². The van der Waals surface area contributed by atoms with Gasteiger partial charge in [0.25, 0.3) is 0 Å². The molecule has 2 N–H and O–H groups in total. The third-order valence-electron chi connectivity index (χ3n) is 5.92. The van der Waals surface area contributed by atoms with Crippen LogP contribution >= 0.6 is 0 Å². The van der Waals surface area contributed by atoms with Crippen LogP contribution in [-0.2, 0) is 0 Å². The van der Waals surface area contributed by atoms with E-state index in [0.717, 1.165) is 74.8 Å². The Morgan fingerprint density at radius 2 is 1.76 bits per heavy atom. The van der Waals surface area contributed by atoms with Crippen molar-refractivity contribution < 1.29 is 9.47 Å². The van der Waals surface area contributed by atoms with E-state index in [-0.39, 0.29) is 0 Å². The minimum Gasteiger partial charge on any atom is -0.497 e. The van der Waals surface area contributed by atoms with Crippen LogP contribution in [0.3, 0.4) is 0 Å². The van der Waals surface area contributed by atoms with Gasteiger partial charge < -0.3 is 25.0 Å². The fourth-order valence-electron chi connectivity index (χ4n) is 4.00. The summed E-state index contributed by atoms with van der Waals surface area (Å²) in [6, 6.07) is 7.33. The Morgan fingerprint density at radius 3 is 2.28 bits per heavy atom. The third-order valence-corrected chi connectivity index (χ3v) is 5.92. The van der Waals surface area contributed by atoms with Crippen LogP contribution in [0.25, 0.3) is 0 Å². The van der Waals surface area contributed by atoms with Crippen LogP contribution in [0.4, 0.5) is 5.69 Å². The van der Waals surface area contributed by atoms with Crippen LogP contribution in [0.2, 0.25) is 0 Å². The number of nitrogens with zero attached hydrogens (tertiary/aromatic N) is 3. The maximum absolute atomic E-state index is 5.41. The first-order valence-electron chi connectivity index (χ1n) is 10.9. The van der Waals surface area contributed by atoms with E-state index in [1.807, 2.05) is 13.1 Å². The second-order valence-corrected chi connectivity index (χ2v) is 7.84. The number of ether oxygens (including phenoxy) is 2. The molecule has 0 radical (unpaired) electrons. The van der Waals surface area contributed by atoms with Gasteiger partial charge >= 0.3 is 0 Å². The summed E-state index contributed by atoms with van der Waals surface area (Å²) in [6.45, 7) is 7.39. The smallest absolute Gasteiger partial charge is 0.191 e. The van der Waals surface area contributed by atoms with E-state index in [0.29, 0.717) is 6.04 Å². The molecular weight excluding hydrogens is 366 g/mol. The fraction of sp³-hybridized carbons (Fsp3) is 0.682. The molecule has 1 heterocycles. The molecule has 2 aliphatic rings. The van der Waals surface area contributed by atoms with Crippen molar-refractivity contribution in [2.24, 2.45) is 4.99 Å². The van der Waals surface area contributed by atoms with Gasteiger partial charge in [-0.05, 0) is 32.2 Å². The van der Waals surface area contributed by atoms with E-state index >= 15 is 0 Å². The summed E-state index contributed by atoms with van der Waals surface area (Å²) < 4.78 is 10.8. The standard InChI is InChI=1S/C22H37N5O2/c1-5-26(18-6-7-18)13-10-24-22(23-2)25-17-8-11-27(12-9-17)19-14-20(28-3)16-21(15-19)29-4/h14-18H,5-13H2,1-4H3,(H2,23,24,25). The zero-order valence-corrected chi connectivity index (χ0v) is 18.4. The van der Waals surface area contributed by atoms with Gasteiger partial charge in [0, 0.05) is 69.2 Å². The molecule has 0 amide bonds. The Labute approximate surface area is 175 Å². The highest BCUT2D eigenvalue weighted by atomic mass is 16.5. The van der Waals surface area contributed by atoms with Crippen LogP contribution in [0, 0.1) is 0 Å². The molecule has 0 unspecified atom stereocenters. The molecule has 0 atom stereocenters. The first kappa shape index (κ1) is 21.6. The third kappa shape index (κ3) is 6.16. The number of nitrogens with one attached hydrogen (secondary N) is 2. The van der Waals surface area contributed by atoms with Crippen molar-refractivity contribution in [3.05, 3.63) is 18.2 Å². The van der Waals surface area contributed by atoms with Gasteiger partial charge in [-0.3, -0.25) is 9.89 Å². The van der Waals surface area contributed by atoms with Gasteiger partial charge in [-0.25, -0.2) is 0 Å². The molecular formula is C22H37N5O2. The lowest BCUT2D eigenvalue weighted by Gasteiger charge is -2.35. The van der Waals surface area contributed by atoms with Crippen LogP contribution in [-0.4, -0.2) is 76.9 Å². The number of likely N-dealkylation sites (N-methyl/N-ethyl adjacent to an activating group) is 1. The van der Waals surface area contributed by atoms with Crippen molar-refractivity contribution in [3.8, 4) is 11.5 Å². The van der Waals surface area contributed by atoms with Crippen LogP contribution in [0.1, 0.15) is 32.6 Å². The molecule has 162 valence electrons. The van der Waals surface area contributed by atoms with Crippen molar-refractivity contribution in [2.75, 3.05) is 58.9 Å². The first-order valence-corrected chi connectivity index (χ1v) is 10.9. The van der Waals surface area contributed by atoms with Crippen LogP contribution in [0.15, 0.2) is 23.2 Å². The summed E-state index contributed by atoms with van der Waals surface area (Å²) in [6.07, 6.45) is 4.86. The van der Waals surface area contributed by atoms with Crippen molar-refractivity contribution in [1.29, 1.82) is 0 Å². The van der Waals surface area contributed by atoms with Gasteiger partial charge in [0.2, 0.25) is 0 Å². The quantitative estimate of drug-likeness (QED) is 0.487. The predicted octanol–water partition coefficient (Wildman–Crippen LogP) is 2.32. The molecule has 1 saturated heterocycles. The zero-order valence-electron chi connectivity index (χ0n) is 18.4. The zero-order chi connectivity index (χ0) is 20.6. The minimum absolute atomic E-state index is 0.440. The fourth-order valence-corrected chi connectivity index (χ4v) is 4.00. The SMILES string of the molecule is CCN(CCNC(=NC)NC1CCN(c2cc(OC)cc(OC)c2)CC1)C1CC1. The second-order valence-electron chi connectivity index (χ2n) is 7.84. The van der Waals surface area contributed by atoms with E-state index in [9.17, 15) is 0 Å². The van der Waals surface area contributed by atoms with Gasteiger partial charge in [-0.2, -0.15) is 0 Å². The van der Waals surface area contributed by atoms with Gasteiger partial charge in [0.15, 0.2) is 5.96 Å². The number of benzene rings is 1. The number of rotatable bonds is 9. The molecule has 0 spiro atoms. The van der Waals surface area contributed by atoms with E-state index in [4.69, 9.17) is 9.47 Å². The number of guanidine groups is 1. The normalized spacial score (nSPS) is 18.1. The van der Waals surface area contributed by atoms with Crippen molar-refractivity contribution >= 4 is 11.6 Å². The Kier molecular flexibility index (Phi) is 7.86. The van der Waals surface area contributed by atoms with Gasteiger partial charge in [-0.15, -0.1) is 0 Å². The molecule has 7 heteroatoms. The highest BCUT2D eigenvalue weighted by Gasteiger charge is 2.27. The molecule has 1 aromatic rings. The lowest BCUT2D eigenvalue weighted by molar-refractivity contribution is 0.281. The summed E-state index contributed by atoms with van der Waals surface area (Å²) in [5.41, 5.74) is 1.15. The molecule has 1 aliphatic carbocycles. The molecule has 29 heavy (non-hydrogen) atoms. The number of methoxy groups -OCH3 is 2. The highest BCUT2D eigenvalue weighted by molar-refractivity contribution is 5.80. The van der Waals surface area contributed by atoms with Crippen molar-refractivity contribution in [3.63, 3.8) is 0 Å². The largest absolute Gasteiger partial charge is 0.497 e. The van der Waals surface area contributed by atoms with Crippen molar-refractivity contribution in [1.82, 2.24) is 15.5 Å². The molecule has 2 fully saturated rings. The maximum Gasteiger partial charge on any atom is 0.191 e. The van der Waals surface area contributed by atoms with Crippen molar-refractivity contribution in [2.45, 2.75) is 44.7 Å². The Balaban J connectivity index is 1.45. The van der Waals surface area contributed by atoms with Gasteiger partial charge in [0.1, 0.15) is 11.5 Å². The second kappa shape index (κ2) is 10.6. The average Bonchev–Trinajstić information content (AvgIpc) is 3.61. The average molecular weight is 404 g/mol. The lowest BCUT2D eigenvalue weighted by Crippen LogP contribution is -2.49. The van der Waals surface area contributed by atoms with E-state index in [1.165, 1.54) is 12.8 Å². The highest BCUT2D eigenvalue weighted by Crippen LogP contribution is 2.30. The topological polar surface area (TPSA) is 61.4 Å². The molecule has 1 aliphatic heterocycles. The molecule has 1 aromatic carbocycles. The molecule has 0 aromatic heterocycles. The number of anilines is 1. The summed E-state index contributed by atoms with van der Waals surface area (Å²) in [5, 5.41) is 7.09. The number of piperidine rings is 1. The maximum atomic E-state index is 5.41. The number of hydrogen-bond acceptors (Lipinski definition) is 5. The predicted molar refractivity (Wildman–Crippen MR) is 120 cm³/mol. The summed E-state index contributed by atoms with van der Waals surface area (Å²) >= 11 is 0. The molecule has 7 nitrogen and oxygen atoms in total. The van der Waals surface area contributed by atoms with Crippen LogP contribution in [0.5, 0.6) is 11.5 Å². The molecule has 3 rings (SSSR count). The summed E-state index contributed by atoms with van der Waals surface area (Å²) in [5.74, 6) is 2.58. The van der Waals surface area contributed by atoms with E-state index < -0.39 is 0 Å². The van der Waals surface area contributed by atoms with Gasteiger partial charge in [0.05, 0.1) is 14.2 Å². The van der Waals surface area contributed by atoms with Crippen LogP contribution < -0.4 is 25.0 Å². The number of hydrogen-bond donors (Lipinski definition) is 2. The number of aliphatic imine (C=N–C) groups is 1. The Morgan fingerprint density at radius 1 is 1.10 bits per heavy atom. The molecule has 0 bridgehead atoms. The van der Waals surface area contributed by atoms with E-state index in [2.05, 4.69) is 44.5 Å². The lowest BCUT2D eigenvalue weighted by atomic mass is 10.0.